The zero-order valence-electron chi connectivity index (χ0n) is 6.30. The van der Waals surface area contributed by atoms with Crippen LogP contribution in [0.1, 0.15) is 20.8 Å². The van der Waals surface area contributed by atoms with Gasteiger partial charge in [0, 0.05) is 7.05 Å². The third-order valence-electron chi connectivity index (χ3n) is 1.14. The van der Waals surface area contributed by atoms with Gasteiger partial charge in [0.1, 0.15) is 0 Å². The first-order valence-electron chi connectivity index (χ1n) is 2.77. The van der Waals surface area contributed by atoms with Gasteiger partial charge >= 0.3 is 0 Å². The molecular formula is C5H15NO2S. The molecule has 0 unspecified atom stereocenters. The molecule has 3 N–H and O–H groups in total. The van der Waals surface area contributed by atoms with Gasteiger partial charge in [0.15, 0.2) is 0 Å². The molecule has 0 atom stereocenters. The molecule has 4 heteroatoms. The second-order valence-electron chi connectivity index (χ2n) is 2.87. The van der Waals surface area contributed by atoms with E-state index in [1.807, 2.05) is 0 Å². The lowest BCUT2D eigenvalue weighted by molar-refractivity contribution is 0.440. The SMILES string of the molecule is CNS(O)(O)C(C)(C)C. The molecule has 0 fully saturated rings. The van der Waals surface area contributed by atoms with Crippen LogP contribution < -0.4 is 4.72 Å². The molecule has 0 aromatic rings. The lowest BCUT2D eigenvalue weighted by Crippen LogP contribution is -2.32. The molecule has 0 radical (unpaired) electrons. The summed E-state index contributed by atoms with van der Waals surface area (Å²) in [5.41, 5.74) is 0. The molecule has 3 nitrogen and oxygen atoms in total. The first-order chi connectivity index (χ1) is 3.81. The van der Waals surface area contributed by atoms with Gasteiger partial charge in [-0.05, 0) is 20.8 Å². The van der Waals surface area contributed by atoms with Gasteiger partial charge in [-0.2, -0.15) is 0 Å². The third-order valence-corrected chi connectivity index (χ3v) is 3.42. The van der Waals surface area contributed by atoms with Crippen molar-refractivity contribution in [2.75, 3.05) is 7.05 Å². The number of hydrogen-bond donors (Lipinski definition) is 3. The largest absolute Gasteiger partial charge is 0.285 e. The van der Waals surface area contributed by atoms with Crippen LogP contribution in [0.25, 0.3) is 0 Å². The van der Waals surface area contributed by atoms with Crippen LogP contribution in [0.5, 0.6) is 0 Å². The van der Waals surface area contributed by atoms with Crippen LogP contribution in [0.3, 0.4) is 0 Å². The Morgan fingerprint density at radius 2 is 1.56 bits per heavy atom. The van der Waals surface area contributed by atoms with Crippen LogP contribution in [0.4, 0.5) is 0 Å². The molecule has 0 amide bonds. The summed E-state index contributed by atoms with van der Waals surface area (Å²) in [6, 6.07) is 0. The Labute approximate surface area is 57.9 Å². The summed E-state index contributed by atoms with van der Waals surface area (Å²) in [6.07, 6.45) is 0. The Hall–Kier alpha value is 0.230. The van der Waals surface area contributed by atoms with E-state index in [1.54, 1.807) is 27.8 Å². The fraction of sp³-hybridized carbons (Fsp3) is 1.00. The molecule has 9 heavy (non-hydrogen) atoms. The Balaban J connectivity index is 4.14. The fourth-order valence-electron chi connectivity index (χ4n) is 0.306. The van der Waals surface area contributed by atoms with Crippen molar-refractivity contribution in [3.63, 3.8) is 0 Å². The second-order valence-corrected chi connectivity index (χ2v) is 5.60. The van der Waals surface area contributed by atoms with E-state index in [1.165, 1.54) is 0 Å². The van der Waals surface area contributed by atoms with Crippen molar-refractivity contribution in [3.8, 4) is 0 Å². The quantitative estimate of drug-likeness (QED) is 0.537. The van der Waals surface area contributed by atoms with Crippen LogP contribution in [0, 0.1) is 0 Å². The lowest BCUT2D eigenvalue weighted by atomic mass is 10.3. The smallest absolute Gasteiger partial charge is 0.0662 e. The van der Waals surface area contributed by atoms with Crippen LogP contribution in [0.15, 0.2) is 0 Å². The molecule has 0 saturated carbocycles. The Morgan fingerprint density at radius 3 is 1.56 bits per heavy atom. The van der Waals surface area contributed by atoms with E-state index in [0.29, 0.717) is 0 Å². The molecule has 0 spiro atoms. The second kappa shape index (κ2) is 2.46. The Kier molecular flexibility index (Phi) is 2.52. The molecule has 0 aliphatic heterocycles. The monoisotopic (exact) mass is 153 g/mol. The van der Waals surface area contributed by atoms with E-state index in [0.717, 1.165) is 0 Å². The van der Waals surface area contributed by atoms with Crippen LogP contribution in [0.2, 0.25) is 0 Å². The lowest BCUT2D eigenvalue weighted by Gasteiger charge is -2.43. The number of rotatable bonds is 1. The van der Waals surface area contributed by atoms with E-state index in [4.69, 9.17) is 0 Å². The summed E-state index contributed by atoms with van der Waals surface area (Å²) in [4.78, 5) is 0. The third kappa shape index (κ3) is 2.14. The van der Waals surface area contributed by atoms with Gasteiger partial charge in [-0.3, -0.25) is 9.11 Å². The average molecular weight is 153 g/mol. The first kappa shape index (κ1) is 9.23. The topological polar surface area (TPSA) is 52.5 Å². The molecule has 0 aromatic carbocycles. The van der Waals surface area contributed by atoms with Gasteiger partial charge in [-0.1, -0.05) is 0 Å². The van der Waals surface area contributed by atoms with Crippen molar-refractivity contribution >= 4 is 10.8 Å². The molecule has 0 heterocycles. The van der Waals surface area contributed by atoms with Gasteiger partial charge in [0.05, 0.1) is 4.75 Å². The zero-order chi connectivity index (χ0) is 7.71. The van der Waals surface area contributed by atoms with Gasteiger partial charge in [-0.15, -0.1) is 10.8 Å². The van der Waals surface area contributed by atoms with Crippen molar-refractivity contribution in [2.24, 2.45) is 0 Å². The predicted molar refractivity (Wildman–Crippen MR) is 41.7 cm³/mol. The highest BCUT2D eigenvalue weighted by molar-refractivity contribution is 8.23. The molecular weight excluding hydrogens is 138 g/mol. The molecule has 0 aliphatic rings. The van der Waals surface area contributed by atoms with Gasteiger partial charge in [-0.25, -0.2) is 4.72 Å². The van der Waals surface area contributed by atoms with E-state index in [-0.39, 0.29) is 0 Å². The molecule has 0 bridgehead atoms. The van der Waals surface area contributed by atoms with E-state index >= 15 is 0 Å². The van der Waals surface area contributed by atoms with Crippen LogP contribution >= 0.6 is 10.8 Å². The van der Waals surface area contributed by atoms with Gasteiger partial charge < -0.3 is 0 Å². The maximum absolute atomic E-state index is 9.19. The Morgan fingerprint density at radius 1 is 1.22 bits per heavy atom. The summed E-state index contributed by atoms with van der Waals surface area (Å²) in [5, 5.41) is 0. The maximum atomic E-state index is 9.19. The normalized spacial score (nSPS) is 15.8. The predicted octanol–water partition coefficient (Wildman–Crippen LogP) is 1.67. The molecule has 0 aromatic heterocycles. The minimum absolute atomic E-state index is 0.470. The fourth-order valence-corrected chi connectivity index (χ4v) is 0.919. The van der Waals surface area contributed by atoms with E-state index in [9.17, 15) is 9.11 Å². The van der Waals surface area contributed by atoms with E-state index in [2.05, 4.69) is 4.72 Å². The average Bonchev–Trinajstić information content (AvgIpc) is 1.64. The summed E-state index contributed by atoms with van der Waals surface area (Å²) in [7, 11) is -1.04. The van der Waals surface area contributed by atoms with Crippen LogP contribution in [-0.4, -0.2) is 20.9 Å². The van der Waals surface area contributed by atoms with Gasteiger partial charge in [0.25, 0.3) is 0 Å². The van der Waals surface area contributed by atoms with Crippen LogP contribution in [-0.2, 0) is 0 Å². The minimum Gasteiger partial charge on any atom is -0.285 e. The zero-order valence-corrected chi connectivity index (χ0v) is 7.12. The molecule has 0 aliphatic carbocycles. The van der Waals surface area contributed by atoms with Crippen molar-refractivity contribution in [2.45, 2.75) is 25.5 Å². The standard InChI is InChI=1S/C5H15NO2S/c1-5(2,3)9(7,8)6-4/h6-8H,1-4H3. The Bertz CT molecular complexity index is 97.6. The molecule has 0 saturated heterocycles. The summed E-state index contributed by atoms with van der Waals surface area (Å²) in [5.74, 6) is 0. The van der Waals surface area contributed by atoms with Gasteiger partial charge in [0.2, 0.25) is 0 Å². The molecule has 58 valence electrons. The maximum Gasteiger partial charge on any atom is 0.0662 e. The van der Waals surface area contributed by atoms with Crippen molar-refractivity contribution in [1.29, 1.82) is 0 Å². The summed E-state index contributed by atoms with van der Waals surface area (Å²) < 4.78 is 20.4. The summed E-state index contributed by atoms with van der Waals surface area (Å²) >= 11 is 0. The van der Waals surface area contributed by atoms with Crippen molar-refractivity contribution < 1.29 is 9.11 Å². The van der Waals surface area contributed by atoms with E-state index < -0.39 is 15.5 Å². The first-order valence-corrected chi connectivity index (χ1v) is 4.32. The highest BCUT2D eigenvalue weighted by Gasteiger charge is 2.27. The molecule has 0 rings (SSSR count). The van der Waals surface area contributed by atoms with Crippen molar-refractivity contribution in [1.82, 2.24) is 4.72 Å². The summed E-state index contributed by atoms with van der Waals surface area (Å²) in [6.45, 7) is 5.33. The minimum atomic E-state index is -2.59. The van der Waals surface area contributed by atoms with Crippen molar-refractivity contribution in [3.05, 3.63) is 0 Å². The highest BCUT2D eigenvalue weighted by Crippen LogP contribution is 2.47. The number of nitrogens with one attached hydrogen (secondary N) is 1. The highest BCUT2D eigenvalue weighted by atomic mass is 32.3. The number of hydrogen-bond acceptors (Lipinski definition) is 3.